The van der Waals surface area contributed by atoms with Crippen LogP contribution < -0.4 is 0 Å². The van der Waals surface area contributed by atoms with Gasteiger partial charge in [-0.05, 0) is 43.8 Å². The van der Waals surface area contributed by atoms with Gasteiger partial charge in [-0.2, -0.15) is 0 Å². The minimum absolute atomic E-state index is 0.155. The lowest BCUT2D eigenvalue weighted by Crippen LogP contribution is -2.49. The third-order valence-electron chi connectivity index (χ3n) is 7.67. The van der Waals surface area contributed by atoms with Gasteiger partial charge < -0.3 is 18.9 Å². The quantitative estimate of drug-likeness (QED) is 0.262. The van der Waals surface area contributed by atoms with E-state index >= 15 is 0 Å². The van der Waals surface area contributed by atoms with Gasteiger partial charge in [0.1, 0.15) is 18.3 Å². The molecule has 0 aliphatic heterocycles. The van der Waals surface area contributed by atoms with E-state index in [0.29, 0.717) is 24.0 Å². The van der Waals surface area contributed by atoms with Crippen LogP contribution in [0, 0.1) is 17.3 Å². The second-order valence-corrected chi connectivity index (χ2v) is 11.6. The smallest absolute Gasteiger partial charge is 0.306 e. The van der Waals surface area contributed by atoms with Crippen LogP contribution in [0.5, 0.6) is 0 Å². The molecule has 0 amide bonds. The molecular weight excluding hydrogens is 504 g/mol. The summed E-state index contributed by atoms with van der Waals surface area (Å²) in [6, 6.07) is 0. The Hall–Kier alpha value is -2.97. The topological polar surface area (TPSA) is 122 Å². The third kappa shape index (κ3) is 7.79. The van der Waals surface area contributed by atoms with Crippen LogP contribution in [-0.2, 0) is 42.9 Å². The molecule has 0 N–H and O–H groups in total. The fourth-order valence-corrected chi connectivity index (χ4v) is 5.65. The molecule has 39 heavy (non-hydrogen) atoms. The standard InChI is InChI=1S/C30H44O9/c1-10-11-26(34)38-24-15-25(36-20(5)31)29(8,9)13-12-17(2)28(35)30(39-22(7)33)16-19(4)27(37-21(6)32)23(30)14-18(24)3/h12,14,19,23-25,27H,10-11,13,15-16H2,1-9H3/b17-12+,18-14?/t19-,23-,24+,25+,27-,30+/m0/s1. The Bertz CT molecular complexity index is 1040. The molecule has 2 aliphatic rings. The van der Waals surface area contributed by atoms with Crippen molar-refractivity contribution in [2.75, 3.05) is 0 Å². The Kier molecular flexibility index (Phi) is 10.7. The highest BCUT2D eigenvalue weighted by molar-refractivity contribution is 6.03. The summed E-state index contributed by atoms with van der Waals surface area (Å²) in [6.07, 6.45) is 2.81. The number of esters is 4. The molecule has 1 fully saturated rings. The summed E-state index contributed by atoms with van der Waals surface area (Å²) in [5.41, 5.74) is -1.26. The highest BCUT2D eigenvalue weighted by Crippen LogP contribution is 2.48. The number of hydrogen-bond donors (Lipinski definition) is 0. The summed E-state index contributed by atoms with van der Waals surface area (Å²) in [5, 5.41) is 0. The molecule has 218 valence electrons. The molecule has 0 spiro atoms. The molecule has 0 heterocycles. The summed E-state index contributed by atoms with van der Waals surface area (Å²) < 4.78 is 23.2. The Morgan fingerprint density at radius 1 is 0.974 bits per heavy atom. The largest absolute Gasteiger partial charge is 0.462 e. The molecule has 1 saturated carbocycles. The molecule has 6 atom stereocenters. The summed E-state index contributed by atoms with van der Waals surface area (Å²) in [7, 11) is 0. The first-order valence-electron chi connectivity index (χ1n) is 13.7. The van der Waals surface area contributed by atoms with E-state index in [-0.39, 0.29) is 31.0 Å². The number of fused-ring (bicyclic) bond motifs is 1. The van der Waals surface area contributed by atoms with Gasteiger partial charge in [0, 0.05) is 45.4 Å². The summed E-state index contributed by atoms with van der Waals surface area (Å²) >= 11 is 0. The molecule has 2 aliphatic carbocycles. The number of carbonyl (C=O) groups excluding carboxylic acids is 5. The lowest BCUT2D eigenvalue weighted by atomic mass is 9.76. The van der Waals surface area contributed by atoms with E-state index in [1.54, 1.807) is 26.0 Å². The lowest BCUT2D eigenvalue weighted by molar-refractivity contribution is -0.169. The molecule has 0 aromatic heterocycles. The van der Waals surface area contributed by atoms with Gasteiger partial charge in [-0.3, -0.25) is 24.0 Å². The summed E-state index contributed by atoms with van der Waals surface area (Å²) in [6.45, 7) is 14.8. The van der Waals surface area contributed by atoms with Crippen LogP contribution in [0.3, 0.4) is 0 Å². The first-order valence-corrected chi connectivity index (χ1v) is 13.7. The first-order chi connectivity index (χ1) is 18.0. The number of ketones is 1. The molecule has 2 rings (SSSR count). The number of rotatable bonds is 6. The Labute approximate surface area is 231 Å². The van der Waals surface area contributed by atoms with Gasteiger partial charge in [-0.15, -0.1) is 0 Å². The molecule has 0 bridgehead atoms. The van der Waals surface area contributed by atoms with Crippen molar-refractivity contribution >= 4 is 29.7 Å². The predicted octanol–water partition coefficient (Wildman–Crippen LogP) is 4.80. The molecule has 0 radical (unpaired) electrons. The predicted molar refractivity (Wildman–Crippen MR) is 143 cm³/mol. The van der Waals surface area contributed by atoms with Gasteiger partial charge in [-0.25, -0.2) is 0 Å². The minimum atomic E-state index is -1.61. The highest BCUT2D eigenvalue weighted by Gasteiger charge is 2.60. The number of hydrogen-bond acceptors (Lipinski definition) is 9. The van der Waals surface area contributed by atoms with E-state index in [1.807, 2.05) is 27.7 Å². The lowest BCUT2D eigenvalue weighted by Gasteiger charge is -2.38. The SMILES string of the molecule is CCCC(=O)O[C@@H]1C[C@@H](OC(C)=O)C(C)(C)C/C=C(\C)C(=O)[C@@]2(OC(C)=O)C[C@H](C)[C@H](OC(C)=O)[C@@H]2C=C1C. The van der Waals surface area contributed by atoms with Crippen LogP contribution in [-0.4, -0.2) is 53.6 Å². The van der Waals surface area contributed by atoms with E-state index in [9.17, 15) is 24.0 Å². The normalized spacial score (nSPS) is 32.2. The summed E-state index contributed by atoms with van der Waals surface area (Å²) in [5.74, 6) is -3.55. The van der Waals surface area contributed by atoms with Crippen LogP contribution in [0.15, 0.2) is 23.3 Å². The minimum Gasteiger partial charge on any atom is -0.462 e. The monoisotopic (exact) mass is 548 g/mol. The van der Waals surface area contributed by atoms with Crippen molar-refractivity contribution in [1.29, 1.82) is 0 Å². The zero-order chi connectivity index (χ0) is 29.7. The number of carbonyl (C=O) groups is 5. The zero-order valence-electron chi connectivity index (χ0n) is 24.8. The van der Waals surface area contributed by atoms with Gasteiger partial charge in [0.15, 0.2) is 5.60 Å². The van der Waals surface area contributed by atoms with Crippen LogP contribution in [0.2, 0.25) is 0 Å². The van der Waals surface area contributed by atoms with Crippen LogP contribution in [0.25, 0.3) is 0 Å². The average Bonchev–Trinajstić information content (AvgIpc) is 3.05. The van der Waals surface area contributed by atoms with Crippen molar-refractivity contribution < 1.29 is 42.9 Å². The maximum atomic E-state index is 14.1. The van der Waals surface area contributed by atoms with E-state index in [2.05, 4.69) is 0 Å². The van der Waals surface area contributed by atoms with Crippen molar-refractivity contribution in [2.24, 2.45) is 17.3 Å². The van der Waals surface area contributed by atoms with Gasteiger partial charge in [0.05, 0.1) is 5.92 Å². The Morgan fingerprint density at radius 3 is 2.13 bits per heavy atom. The fraction of sp³-hybridized carbons (Fsp3) is 0.700. The van der Waals surface area contributed by atoms with Crippen molar-refractivity contribution in [3.8, 4) is 0 Å². The van der Waals surface area contributed by atoms with Crippen molar-refractivity contribution in [2.45, 2.75) is 118 Å². The van der Waals surface area contributed by atoms with Gasteiger partial charge in [-0.1, -0.05) is 39.8 Å². The molecule has 9 heteroatoms. The maximum absolute atomic E-state index is 14.1. The number of allylic oxidation sites excluding steroid dienone is 1. The molecular formula is C30H44O9. The highest BCUT2D eigenvalue weighted by atomic mass is 16.6. The fourth-order valence-electron chi connectivity index (χ4n) is 5.65. The van der Waals surface area contributed by atoms with Crippen LogP contribution in [0.4, 0.5) is 0 Å². The molecule has 0 unspecified atom stereocenters. The van der Waals surface area contributed by atoms with E-state index < -0.39 is 59.1 Å². The van der Waals surface area contributed by atoms with Crippen LogP contribution >= 0.6 is 0 Å². The van der Waals surface area contributed by atoms with Crippen molar-refractivity contribution in [3.63, 3.8) is 0 Å². The molecule has 0 saturated heterocycles. The molecule has 9 nitrogen and oxygen atoms in total. The maximum Gasteiger partial charge on any atom is 0.306 e. The van der Waals surface area contributed by atoms with Gasteiger partial charge in [0.2, 0.25) is 5.78 Å². The molecule has 0 aromatic carbocycles. The van der Waals surface area contributed by atoms with E-state index in [0.717, 1.165) is 0 Å². The van der Waals surface area contributed by atoms with E-state index in [1.165, 1.54) is 20.8 Å². The molecule has 0 aromatic rings. The van der Waals surface area contributed by atoms with Crippen molar-refractivity contribution in [3.05, 3.63) is 23.3 Å². The zero-order valence-corrected chi connectivity index (χ0v) is 24.8. The first kappa shape index (κ1) is 32.2. The average molecular weight is 549 g/mol. The number of ether oxygens (including phenoxy) is 4. The van der Waals surface area contributed by atoms with Gasteiger partial charge in [0.25, 0.3) is 0 Å². The van der Waals surface area contributed by atoms with Gasteiger partial charge >= 0.3 is 23.9 Å². The Morgan fingerprint density at radius 2 is 1.59 bits per heavy atom. The van der Waals surface area contributed by atoms with E-state index in [4.69, 9.17) is 18.9 Å². The van der Waals surface area contributed by atoms with Crippen LogP contribution in [0.1, 0.15) is 94.4 Å². The second kappa shape index (κ2) is 12.9. The summed E-state index contributed by atoms with van der Waals surface area (Å²) in [4.78, 5) is 63.3. The van der Waals surface area contributed by atoms with Crippen molar-refractivity contribution in [1.82, 2.24) is 0 Å². The third-order valence-corrected chi connectivity index (χ3v) is 7.67. The second-order valence-electron chi connectivity index (χ2n) is 11.6. The number of Topliss-reactive ketones (excluding diaryl/α,β-unsaturated/α-hetero) is 1. The Balaban J connectivity index is 2.82.